The van der Waals surface area contributed by atoms with E-state index in [2.05, 4.69) is 43.8 Å². The highest BCUT2D eigenvalue weighted by Crippen LogP contribution is 2.36. The zero-order valence-electron chi connectivity index (χ0n) is 24.5. The third-order valence-corrected chi connectivity index (χ3v) is 7.84. The highest BCUT2D eigenvalue weighted by atomic mass is 35.5. The number of nitrogen functional groups attached to an aromatic ring is 1. The number of rotatable bonds is 9. The summed E-state index contributed by atoms with van der Waals surface area (Å²) in [6.07, 6.45) is -0.470. The predicted octanol–water partition coefficient (Wildman–Crippen LogP) is 6.82. The second-order valence-corrected chi connectivity index (χ2v) is 11.2. The summed E-state index contributed by atoms with van der Waals surface area (Å²) in [6.45, 7) is 7.18. The molecule has 2 unspecified atom stereocenters. The minimum absolute atomic E-state index is 0.00436. The van der Waals surface area contributed by atoms with Gasteiger partial charge in [-0.15, -0.1) is 0 Å². The molecular weight excluding hydrogens is 609 g/mol. The molecule has 1 fully saturated rings. The van der Waals surface area contributed by atoms with Gasteiger partial charge < -0.3 is 25.7 Å². The van der Waals surface area contributed by atoms with Gasteiger partial charge in [-0.1, -0.05) is 24.6 Å². The lowest BCUT2D eigenvalue weighted by Gasteiger charge is -2.17. The van der Waals surface area contributed by atoms with Crippen molar-refractivity contribution in [2.75, 3.05) is 42.1 Å². The molecular formula is C31H32ClF3N8O2. The molecule has 1 saturated heterocycles. The average Bonchev–Trinajstić information content (AvgIpc) is 3.56. The molecule has 2 atom stereocenters. The molecule has 0 saturated carbocycles. The fourth-order valence-corrected chi connectivity index (χ4v) is 5.54. The number of aromatic nitrogens is 2. The number of hydrogen-bond donors (Lipinski definition) is 5. The summed E-state index contributed by atoms with van der Waals surface area (Å²) in [5.41, 5.74) is 6.68. The summed E-state index contributed by atoms with van der Waals surface area (Å²) in [7, 11) is 0. The monoisotopic (exact) mass is 640 g/mol. The van der Waals surface area contributed by atoms with E-state index < -0.39 is 22.8 Å². The third-order valence-electron chi connectivity index (χ3n) is 7.53. The molecule has 4 aromatic rings. The van der Waals surface area contributed by atoms with Gasteiger partial charge in [0.1, 0.15) is 23.0 Å². The molecule has 0 spiro atoms. The number of anilines is 3. The lowest BCUT2D eigenvalue weighted by atomic mass is 9.95. The summed E-state index contributed by atoms with van der Waals surface area (Å²) in [6, 6.07) is 11.3. The first kappa shape index (κ1) is 31.8. The summed E-state index contributed by atoms with van der Waals surface area (Å²) in [5.74, 6) is 1.76. The van der Waals surface area contributed by atoms with E-state index in [1.807, 2.05) is 24.3 Å². The summed E-state index contributed by atoms with van der Waals surface area (Å²) >= 11 is 5.75. The molecule has 2 aromatic heterocycles. The minimum atomic E-state index is -4.60. The Balaban J connectivity index is 1.22. The molecule has 1 aliphatic rings. The van der Waals surface area contributed by atoms with Gasteiger partial charge in [-0.25, -0.2) is 9.78 Å². The zero-order valence-corrected chi connectivity index (χ0v) is 25.3. The van der Waals surface area contributed by atoms with E-state index in [9.17, 15) is 18.0 Å². The van der Waals surface area contributed by atoms with Crippen molar-refractivity contribution in [2.24, 2.45) is 17.6 Å². The molecule has 0 bridgehead atoms. The van der Waals surface area contributed by atoms with E-state index in [1.54, 1.807) is 19.1 Å². The van der Waals surface area contributed by atoms with E-state index in [0.29, 0.717) is 29.4 Å². The van der Waals surface area contributed by atoms with Crippen LogP contribution in [0.5, 0.6) is 0 Å². The lowest BCUT2D eigenvalue weighted by Crippen LogP contribution is -2.24. The van der Waals surface area contributed by atoms with Gasteiger partial charge in [0.2, 0.25) is 5.95 Å². The van der Waals surface area contributed by atoms with Gasteiger partial charge >= 0.3 is 12.2 Å². The Morgan fingerprint density at radius 1 is 1.16 bits per heavy atom. The van der Waals surface area contributed by atoms with Crippen LogP contribution in [0, 0.1) is 24.2 Å². The van der Waals surface area contributed by atoms with Crippen LogP contribution >= 0.6 is 11.6 Å². The van der Waals surface area contributed by atoms with Crippen molar-refractivity contribution in [1.82, 2.24) is 14.9 Å². The highest BCUT2D eigenvalue weighted by molar-refractivity contribution is 6.31. The maximum absolute atomic E-state index is 13.0. The number of carbonyl (C=O) groups is 1. The molecule has 5 rings (SSSR count). The van der Waals surface area contributed by atoms with Crippen molar-refractivity contribution in [2.45, 2.75) is 20.0 Å². The second kappa shape index (κ2) is 13.2. The molecule has 1 aliphatic heterocycles. The summed E-state index contributed by atoms with van der Waals surface area (Å²) in [5, 5.41) is 16.3. The Morgan fingerprint density at radius 3 is 2.67 bits per heavy atom. The Bertz CT molecular complexity index is 1760. The van der Waals surface area contributed by atoms with Gasteiger partial charge in [0, 0.05) is 48.0 Å². The van der Waals surface area contributed by atoms with Crippen molar-refractivity contribution in [3.05, 3.63) is 82.2 Å². The SMILES string of the molecule is CCN1CC(C=Cc2cc3cc(C(=N)N)ccc3o2)C(CNc2cc(C)nc(NC(=O)Nc3ccc(C(F)(F)F)c(Cl)c3)n2)C1. The summed E-state index contributed by atoms with van der Waals surface area (Å²) in [4.78, 5) is 23.6. The average molecular weight is 641 g/mol. The summed E-state index contributed by atoms with van der Waals surface area (Å²) < 4.78 is 44.9. The molecule has 0 aliphatic carbocycles. The highest BCUT2D eigenvalue weighted by Gasteiger charge is 2.33. The van der Waals surface area contributed by atoms with Gasteiger partial charge in [0.15, 0.2) is 0 Å². The fourth-order valence-electron chi connectivity index (χ4n) is 5.25. The van der Waals surface area contributed by atoms with Gasteiger partial charge in [-0.2, -0.15) is 18.2 Å². The topological polar surface area (TPSA) is 145 Å². The Kier molecular flexibility index (Phi) is 9.30. The smallest absolute Gasteiger partial charge is 0.417 e. The number of benzene rings is 2. The standard InChI is InChI=1S/C31H32ClF3N8O2/c1-3-43-15-19(4-7-23-12-20-11-18(28(36)37)5-9-26(20)45-23)21(16-43)14-38-27-10-17(2)39-29(41-27)42-30(44)40-22-6-8-24(25(32)13-22)31(33,34)35/h4-13,19,21H,3,14-16H2,1-2H3,(H3,36,37)(H3,38,39,40,41,42,44). The first-order valence-corrected chi connectivity index (χ1v) is 14.6. The minimum Gasteiger partial charge on any atom is -0.457 e. The number of nitrogens with zero attached hydrogens (tertiary/aromatic N) is 3. The number of carbonyl (C=O) groups excluding carboxylic acids is 1. The number of amidine groups is 1. The number of urea groups is 1. The maximum atomic E-state index is 13.0. The van der Waals surface area contributed by atoms with Crippen LogP contribution in [-0.4, -0.2) is 52.9 Å². The van der Waals surface area contributed by atoms with Gasteiger partial charge in [0.05, 0.1) is 10.6 Å². The van der Waals surface area contributed by atoms with Crippen LogP contribution in [0.1, 0.15) is 29.5 Å². The van der Waals surface area contributed by atoms with Crippen molar-refractivity contribution < 1.29 is 22.4 Å². The number of amides is 2. The largest absolute Gasteiger partial charge is 0.457 e. The number of halogens is 4. The third kappa shape index (κ3) is 7.91. The Hall–Kier alpha value is -4.62. The van der Waals surface area contributed by atoms with Crippen LogP contribution in [0.15, 0.2) is 59.0 Å². The number of hydrogen-bond acceptors (Lipinski definition) is 7. The van der Waals surface area contributed by atoms with Crippen molar-refractivity contribution in [3.63, 3.8) is 0 Å². The van der Waals surface area contributed by atoms with Crippen LogP contribution in [0.2, 0.25) is 5.02 Å². The second-order valence-electron chi connectivity index (χ2n) is 10.8. The number of nitrogens with two attached hydrogens (primary N) is 1. The molecule has 6 N–H and O–H groups in total. The number of fused-ring (bicyclic) bond motifs is 1. The quantitative estimate of drug-likeness (QED) is 0.0996. The van der Waals surface area contributed by atoms with Crippen LogP contribution < -0.4 is 21.7 Å². The molecule has 14 heteroatoms. The lowest BCUT2D eigenvalue weighted by molar-refractivity contribution is -0.137. The maximum Gasteiger partial charge on any atom is 0.417 e. The van der Waals surface area contributed by atoms with Crippen molar-refractivity contribution in [1.29, 1.82) is 5.41 Å². The Labute approximate surface area is 262 Å². The van der Waals surface area contributed by atoms with E-state index in [-0.39, 0.29) is 29.3 Å². The first-order chi connectivity index (χ1) is 21.4. The fraction of sp³-hybridized carbons (Fsp3) is 0.290. The van der Waals surface area contributed by atoms with E-state index in [0.717, 1.165) is 48.8 Å². The van der Waals surface area contributed by atoms with E-state index in [4.69, 9.17) is 27.2 Å². The van der Waals surface area contributed by atoms with Crippen LogP contribution in [0.25, 0.3) is 17.0 Å². The number of nitrogens with one attached hydrogen (secondary N) is 4. The van der Waals surface area contributed by atoms with Crippen molar-refractivity contribution >= 4 is 58.0 Å². The molecule has 45 heavy (non-hydrogen) atoms. The Morgan fingerprint density at radius 2 is 1.96 bits per heavy atom. The first-order valence-electron chi connectivity index (χ1n) is 14.2. The van der Waals surface area contributed by atoms with E-state index in [1.165, 1.54) is 0 Å². The normalized spacial score (nSPS) is 17.2. The van der Waals surface area contributed by atoms with Crippen LogP contribution in [0.3, 0.4) is 0 Å². The molecule has 0 radical (unpaired) electrons. The van der Waals surface area contributed by atoms with Gasteiger partial charge in [-0.05, 0) is 73.8 Å². The predicted molar refractivity (Wildman–Crippen MR) is 170 cm³/mol. The van der Waals surface area contributed by atoms with E-state index >= 15 is 0 Å². The van der Waals surface area contributed by atoms with Gasteiger partial charge in [-0.3, -0.25) is 10.7 Å². The van der Waals surface area contributed by atoms with Gasteiger partial charge in [0.25, 0.3) is 0 Å². The molecule has 236 valence electrons. The molecule has 10 nitrogen and oxygen atoms in total. The molecule has 2 aromatic carbocycles. The molecule has 2 amide bonds. The van der Waals surface area contributed by atoms with Crippen molar-refractivity contribution in [3.8, 4) is 0 Å². The molecule has 3 heterocycles. The number of likely N-dealkylation sites (tertiary alicyclic amines) is 1. The zero-order chi connectivity index (χ0) is 32.3. The van der Waals surface area contributed by atoms with Crippen LogP contribution in [-0.2, 0) is 6.18 Å². The number of furan rings is 1. The van der Waals surface area contributed by atoms with Crippen LogP contribution in [0.4, 0.5) is 35.4 Å². The number of aryl methyl sites for hydroxylation is 1. The number of alkyl halides is 3.